The van der Waals surface area contributed by atoms with Crippen molar-refractivity contribution >= 4 is 54.1 Å². The predicted molar refractivity (Wildman–Crippen MR) is 184 cm³/mol. The number of aromatic nitrogens is 2. The van der Waals surface area contributed by atoms with Crippen molar-refractivity contribution < 1.29 is 4.42 Å². The highest BCUT2D eigenvalue weighted by atomic mass is 32.1. The Kier molecular flexibility index (Phi) is 5.68. The quantitative estimate of drug-likeness (QED) is 0.208. The summed E-state index contributed by atoms with van der Waals surface area (Å²) in [5, 5.41) is 5.80. The third kappa shape index (κ3) is 4.27. The molecule has 0 fully saturated rings. The van der Waals surface area contributed by atoms with Gasteiger partial charge in [0.05, 0.1) is 16.3 Å². The first-order chi connectivity index (χ1) is 21.7. The van der Waals surface area contributed by atoms with Gasteiger partial charge in [-0.2, -0.15) is 0 Å². The summed E-state index contributed by atoms with van der Waals surface area (Å²) >= 11 is 1.76. The topological polar surface area (TPSA) is 38.9 Å². The highest BCUT2D eigenvalue weighted by molar-refractivity contribution is 7.22. The molecule has 3 heterocycles. The molecule has 9 rings (SSSR count). The normalized spacial score (nSPS) is 11.6. The summed E-state index contributed by atoms with van der Waals surface area (Å²) in [6, 6.07) is 51.0. The molecule has 0 spiro atoms. The van der Waals surface area contributed by atoms with E-state index in [0.29, 0.717) is 5.82 Å². The molecule has 0 aliphatic heterocycles. The molecule has 44 heavy (non-hydrogen) atoms. The second-order valence-corrected chi connectivity index (χ2v) is 12.1. The van der Waals surface area contributed by atoms with Gasteiger partial charge in [-0.1, -0.05) is 97.1 Å². The second-order valence-electron chi connectivity index (χ2n) is 11.1. The van der Waals surface area contributed by atoms with Crippen molar-refractivity contribution in [2.75, 3.05) is 0 Å². The Balaban J connectivity index is 1.20. The van der Waals surface area contributed by atoms with E-state index in [1.807, 2.05) is 18.2 Å². The zero-order chi connectivity index (χ0) is 29.0. The van der Waals surface area contributed by atoms with E-state index < -0.39 is 0 Å². The Bertz CT molecular complexity index is 2480. The minimum atomic E-state index is 0.678. The largest absolute Gasteiger partial charge is 0.456 e. The maximum absolute atomic E-state index is 6.22. The summed E-state index contributed by atoms with van der Waals surface area (Å²) in [6.45, 7) is 0. The fourth-order valence-electron chi connectivity index (χ4n) is 6.04. The van der Waals surface area contributed by atoms with Crippen LogP contribution in [-0.4, -0.2) is 9.97 Å². The molecule has 0 aliphatic rings. The lowest BCUT2D eigenvalue weighted by Crippen LogP contribution is -1.95. The fraction of sp³-hybridized carbons (Fsp3) is 0. The Morgan fingerprint density at radius 2 is 1.14 bits per heavy atom. The number of benzene rings is 6. The zero-order valence-corrected chi connectivity index (χ0v) is 24.4. The molecule has 3 nitrogen and oxygen atoms in total. The van der Waals surface area contributed by atoms with E-state index in [2.05, 4.69) is 127 Å². The smallest absolute Gasteiger partial charge is 0.160 e. The first kappa shape index (κ1) is 25.0. The lowest BCUT2D eigenvalue weighted by molar-refractivity contribution is 0.669. The van der Waals surface area contributed by atoms with Crippen LogP contribution >= 0.6 is 11.3 Å². The highest BCUT2D eigenvalue weighted by Crippen LogP contribution is 2.37. The fourth-order valence-corrected chi connectivity index (χ4v) is 7.06. The average Bonchev–Trinajstić information content (AvgIpc) is 3.69. The number of para-hydroxylation sites is 1. The van der Waals surface area contributed by atoms with Gasteiger partial charge in [0, 0.05) is 26.6 Å². The number of hydrogen-bond donors (Lipinski definition) is 0. The van der Waals surface area contributed by atoms with Gasteiger partial charge in [-0.15, -0.1) is 11.3 Å². The molecule has 0 unspecified atom stereocenters. The monoisotopic (exact) mass is 580 g/mol. The molecule has 0 saturated carbocycles. The van der Waals surface area contributed by atoms with Crippen LogP contribution in [0.5, 0.6) is 0 Å². The van der Waals surface area contributed by atoms with E-state index in [9.17, 15) is 0 Å². The summed E-state index contributed by atoms with van der Waals surface area (Å²) in [5.41, 5.74) is 7.93. The number of thiophene rings is 1. The van der Waals surface area contributed by atoms with E-state index in [0.717, 1.165) is 49.3 Å². The van der Waals surface area contributed by atoms with Gasteiger partial charge >= 0.3 is 0 Å². The van der Waals surface area contributed by atoms with Crippen molar-refractivity contribution in [2.24, 2.45) is 0 Å². The van der Waals surface area contributed by atoms with Gasteiger partial charge in [0.15, 0.2) is 5.82 Å². The van der Waals surface area contributed by atoms with Gasteiger partial charge < -0.3 is 4.42 Å². The molecule has 0 saturated heterocycles. The Morgan fingerprint density at radius 1 is 0.432 bits per heavy atom. The third-order valence-electron chi connectivity index (χ3n) is 8.28. The van der Waals surface area contributed by atoms with Crippen LogP contribution in [0.25, 0.3) is 87.1 Å². The van der Waals surface area contributed by atoms with Crippen molar-refractivity contribution in [1.29, 1.82) is 0 Å². The van der Waals surface area contributed by atoms with E-state index in [4.69, 9.17) is 14.4 Å². The predicted octanol–water partition coefficient (Wildman–Crippen LogP) is 11.4. The first-order valence-corrected chi connectivity index (χ1v) is 15.5. The Morgan fingerprint density at radius 3 is 2.02 bits per heavy atom. The van der Waals surface area contributed by atoms with Crippen LogP contribution < -0.4 is 0 Å². The van der Waals surface area contributed by atoms with E-state index >= 15 is 0 Å². The van der Waals surface area contributed by atoms with Crippen LogP contribution in [0.15, 0.2) is 150 Å². The van der Waals surface area contributed by atoms with Crippen LogP contribution in [0.3, 0.4) is 0 Å². The lowest BCUT2D eigenvalue weighted by atomic mass is 9.99. The Labute approximate surface area is 257 Å². The van der Waals surface area contributed by atoms with Gasteiger partial charge in [-0.3, -0.25) is 0 Å². The second kappa shape index (κ2) is 10.0. The number of rotatable bonds is 4. The number of furan rings is 1. The molecule has 0 atom stereocenters. The van der Waals surface area contributed by atoms with Crippen LogP contribution in [0.1, 0.15) is 0 Å². The van der Waals surface area contributed by atoms with E-state index in [1.54, 1.807) is 11.3 Å². The standard InChI is InChI=1S/C40H24N2OS/c1-2-8-25(9-3-1)26-14-15-28-21-29(17-16-27(28)20-26)34-24-35(39-23-30-10-4-7-13-38(30)44-39)42-40(41-34)31-18-19-33-32-11-5-6-12-36(32)43-37(33)22-31/h1-24H. The molecule has 0 aliphatic carbocycles. The molecule has 0 amide bonds. The first-order valence-electron chi connectivity index (χ1n) is 14.6. The molecular weight excluding hydrogens is 557 g/mol. The van der Waals surface area contributed by atoms with Crippen molar-refractivity contribution in [3.8, 4) is 44.3 Å². The molecule has 0 bridgehead atoms. The number of fused-ring (bicyclic) bond motifs is 5. The molecule has 4 heteroatoms. The van der Waals surface area contributed by atoms with Crippen LogP contribution in [0.4, 0.5) is 0 Å². The maximum Gasteiger partial charge on any atom is 0.160 e. The minimum absolute atomic E-state index is 0.678. The molecule has 3 aromatic heterocycles. The van der Waals surface area contributed by atoms with E-state index in [-0.39, 0.29) is 0 Å². The molecule has 9 aromatic rings. The molecule has 6 aromatic carbocycles. The summed E-state index contributed by atoms with van der Waals surface area (Å²) in [5.74, 6) is 0.678. The number of nitrogens with zero attached hydrogens (tertiary/aromatic N) is 2. The zero-order valence-electron chi connectivity index (χ0n) is 23.6. The van der Waals surface area contributed by atoms with Crippen LogP contribution in [0, 0.1) is 0 Å². The van der Waals surface area contributed by atoms with Gasteiger partial charge in [0.25, 0.3) is 0 Å². The van der Waals surface area contributed by atoms with Gasteiger partial charge in [0.1, 0.15) is 11.2 Å². The third-order valence-corrected chi connectivity index (χ3v) is 9.42. The number of hydrogen-bond acceptors (Lipinski definition) is 4. The summed E-state index contributed by atoms with van der Waals surface area (Å²) in [6.07, 6.45) is 0. The van der Waals surface area contributed by atoms with Crippen LogP contribution in [0.2, 0.25) is 0 Å². The minimum Gasteiger partial charge on any atom is -0.456 e. The van der Waals surface area contributed by atoms with Crippen molar-refractivity contribution in [2.45, 2.75) is 0 Å². The lowest BCUT2D eigenvalue weighted by Gasteiger charge is -2.10. The van der Waals surface area contributed by atoms with Gasteiger partial charge in [0.2, 0.25) is 0 Å². The van der Waals surface area contributed by atoms with Gasteiger partial charge in [-0.25, -0.2) is 9.97 Å². The van der Waals surface area contributed by atoms with Crippen molar-refractivity contribution in [3.63, 3.8) is 0 Å². The molecule has 0 radical (unpaired) electrons. The molecular formula is C40H24N2OS. The van der Waals surface area contributed by atoms with Crippen LogP contribution in [-0.2, 0) is 0 Å². The molecule has 0 N–H and O–H groups in total. The summed E-state index contributed by atoms with van der Waals surface area (Å²) in [7, 11) is 0. The van der Waals surface area contributed by atoms with E-state index in [1.165, 1.54) is 32.0 Å². The van der Waals surface area contributed by atoms with Crippen molar-refractivity contribution in [3.05, 3.63) is 146 Å². The Hall–Kier alpha value is -5.58. The summed E-state index contributed by atoms with van der Waals surface area (Å²) < 4.78 is 7.46. The highest BCUT2D eigenvalue weighted by Gasteiger charge is 2.15. The summed E-state index contributed by atoms with van der Waals surface area (Å²) in [4.78, 5) is 11.4. The van der Waals surface area contributed by atoms with Crippen molar-refractivity contribution in [1.82, 2.24) is 9.97 Å². The maximum atomic E-state index is 6.22. The SMILES string of the molecule is c1ccc(-c2ccc3cc(-c4cc(-c5cc6ccccc6s5)nc(-c5ccc6c(c5)oc5ccccc56)n4)ccc3c2)cc1. The van der Waals surface area contributed by atoms with Gasteiger partial charge in [-0.05, 0) is 75.8 Å². The molecule has 206 valence electrons. The average molecular weight is 581 g/mol.